The lowest BCUT2D eigenvalue weighted by Crippen LogP contribution is -2.11. The Hall–Kier alpha value is -0.540. The molecular weight excluding hydrogens is 185 g/mol. The van der Waals surface area contributed by atoms with Gasteiger partial charge in [-0.1, -0.05) is 19.1 Å². The van der Waals surface area contributed by atoms with Gasteiger partial charge in [-0.25, -0.2) is 4.39 Å². The van der Waals surface area contributed by atoms with Crippen LogP contribution in [0.15, 0.2) is 29.2 Å². The van der Waals surface area contributed by atoms with Crippen molar-refractivity contribution in [2.45, 2.75) is 17.9 Å². The van der Waals surface area contributed by atoms with Crippen molar-refractivity contribution in [3.63, 3.8) is 0 Å². The molecule has 0 aliphatic rings. The second kappa shape index (κ2) is 5.25. The van der Waals surface area contributed by atoms with Crippen LogP contribution in [0.5, 0.6) is 0 Å². The topological polar surface area (TPSA) is 26.0 Å². The predicted octanol–water partition coefficient (Wildman–Crippen LogP) is 2.77. The maximum Gasteiger partial charge on any atom is 0.109 e. The summed E-state index contributed by atoms with van der Waals surface area (Å²) in [5.41, 5.74) is 6.40. The Kier molecular flexibility index (Phi) is 4.25. The van der Waals surface area contributed by atoms with Gasteiger partial charge in [-0.2, -0.15) is 0 Å². The second-order valence-corrected chi connectivity index (χ2v) is 4.10. The molecule has 0 amide bonds. The summed E-state index contributed by atoms with van der Waals surface area (Å²) in [5, 5.41) is 0. The number of nitrogens with two attached hydrogens (primary N) is 1. The van der Waals surface area contributed by atoms with Gasteiger partial charge in [-0.3, -0.25) is 0 Å². The molecule has 0 radical (unpaired) electrons. The van der Waals surface area contributed by atoms with Gasteiger partial charge in [0.05, 0.1) is 6.04 Å². The molecule has 13 heavy (non-hydrogen) atoms. The van der Waals surface area contributed by atoms with E-state index in [-0.39, 0.29) is 0 Å². The van der Waals surface area contributed by atoms with Gasteiger partial charge in [0, 0.05) is 4.90 Å². The molecule has 3 heteroatoms. The van der Waals surface area contributed by atoms with E-state index in [9.17, 15) is 4.39 Å². The lowest BCUT2D eigenvalue weighted by atomic mass is 10.1. The Morgan fingerprint density at radius 2 is 2.00 bits per heavy atom. The van der Waals surface area contributed by atoms with Crippen LogP contribution < -0.4 is 5.73 Å². The van der Waals surface area contributed by atoms with E-state index in [1.165, 1.54) is 4.90 Å². The van der Waals surface area contributed by atoms with Gasteiger partial charge in [0.15, 0.2) is 0 Å². The maximum absolute atomic E-state index is 12.2. The van der Waals surface area contributed by atoms with Gasteiger partial charge in [0.2, 0.25) is 0 Å². The Balaban J connectivity index is 2.69. The lowest BCUT2D eigenvalue weighted by molar-refractivity contribution is 0.437. The van der Waals surface area contributed by atoms with E-state index in [0.717, 1.165) is 11.3 Å². The smallest absolute Gasteiger partial charge is 0.109 e. The lowest BCUT2D eigenvalue weighted by Gasteiger charge is -2.07. The minimum absolute atomic E-state index is 0.472. The molecule has 0 fully saturated rings. The molecule has 0 aliphatic carbocycles. The second-order valence-electron chi connectivity index (χ2n) is 2.76. The fourth-order valence-electron chi connectivity index (χ4n) is 1.07. The Bertz CT molecular complexity index is 248. The number of hydrogen-bond acceptors (Lipinski definition) is 2. The number of alkyl halides is 1. The van der Waals surface area contributed by atoms with Gasteiger partial charge >= 0.3 is 0 Å². The van der Waals surface area contributed by atoms with Crippen LogP contribution in [0.2, 0.25) is 0 Å². The summed E-state index contributed by atoms with van der Waals surface area (Å²) in [5.74, 6) is 1.05. The van der Waals surface area contributed by atoms with Crippen molar-refractivity contribution < 1.29 is 4.39 Å². The molecule has 1 aromatic carbocycles. The highest BCUT2D eigenvalue weighted by atomic mass is 32.2. The zero-order valence-corrected chi connectivity index (χ0v) is 8.48. The van der Waals surface area contributed by atoms with E-state index in [1.54, 1.807) is 11.8 Å². The SMILES string of the molecule is CCSc1ccc([C@H](N)CF)cc1. The fraction of sp³-hybridized carbons (Fsp3) is 0.400. The molecule has 1 nitrogen and oxygen atoms in total. The number of halogens is 1. The molecule has 0 heterocycles. The zero-order chi connectivity index (χ0) is 9.68. The minimum atomic E-state index is -0.500. The van der Waals surface area contributed by atoms with Crippen LogP contribution in [-0.4, -0.2) is 12.4 Å². The number of rotatable bonds is 4. The van der Waals surface area contributed by atoms with Crippen molar-refractivity contribution in [3.05, 3.63) is 29.8 Å². The van der Waals surface area contributed by atoms with E-state index in [4.69, 9.17) is 5.73 Å². The van der Waals surface area contributed by atoms with Crippen molar-refractivity contribution >= 4 is 11.8 Å². The van der Waals surface area contributed by atoms with E-state index in [0.29, 0.717) is 0 Å². The summed E-state index contributed by atoms with van der Waals surface area (Å²) in [4.78, 5) is 1.21. The maximum atomic E-state index is 12.2. The summed E-state index contributed by atoms with van der Waals surface area (Å²) >= 11 is 1.77. The third-order valence-corrected chi connectivity index (χ3v) is 2.68. The van der Waals surface area contributed by atoms with Crippen LogP contribution in [0.1, 0.15) is 18.5 Å². The molecule has 0 saturated heterocycles. The van der Waals surface area contributed by atoms with E-state index >= 15 is 0 Å². The highest BCUT2D eigenvalue weighted by Gasteiger charge is 2.03. The molecule has 0 aromatic heterocycles. The fourth-order valence-corrected chi connectivity index (χ4v) is 1.73. The molecule has 1 aromatic rings. The van der Waals surface area contributed by atoms with E-state index in [1.807, 2.05) is 24.3 Å². The van der Waals surface area contributed by atoms with Crippen LogP contribution >= 0.6 is 11.8 Å². The first kappa shape index (κ1) is 10.5. The Labute approximate surface area is 82.5 Å². The third kappa shape index (κ3) is 3.01. The first-order chi connectivity index (χ1) is 6.27. The van der Waals surface area contributed by atoms with Gasteiger partial charge in [-0.05, 0) is 23.4 Å². The van der Waals surface area contributed by atoms with Crippen LogP contribution in [0.4, 0.5) is 4.39 Å². The number of hydrogen-bond donors (Lipinski definition) is 1. The molecule has 1 rings (SSSR count). The standard InChI is InChI=1S/C10H14FNS/c1-2-13-9-5-3-8(4-6-9)10(12)7-11/h3-6,10H,2,7,12H2,1H3/t10-/m1/s1. The zero-order valence-electron chi connectivity index (χ0n) is 7.66. The van der Waals surface area contributed by atoms with Gasteiger partial charge < -0.3 is 5.73 Å². The summed E-state index contributed by atoms with van der Waals surface area (Å²) in [7, 11) is 0. The first-order valence-electron chi connectivity index (χ1n) is 4.32. The van der Waals surface area contributed by atoms with E-state index in [2.05, 4.69) is 6.92 Å². The molecular formula is C10H14FNS. The number of thioether (sulfide) groups is 1. The Morgan fingerprint density at radius 3 is 2.46 bits per heavy atom. The summed E-state index contributed by atoms with van der Waals surface area (Å²) < 4.78 is 12.2. The average Bonchev–Trinajstić information content (AvgIpc) is 2.18. The highest BCUT2D eigenvalue weighted by Crippen LogP contribution is 2.19. The summed E-state index contributed by atoms with van der Waals surface area (Å²) in [6.07, 6.45) is 0. The molecule has 0 unspecified atom stereocenters. The van der Waals surface area contributed by atoms with Crippen LogP contribution in [0, 0.1) is 0 Å². The van der Waals surface area contributed by atoms with Gasteiger partial charge in [0.25, 0.3) is 0 Å². The van der Waals surface area contributed by atoms with Gasteiger partial charge in [-0.15, -0.1) is 11.8 Å². The summed E-state index contributed by atoms with van der Waals surface area (Å²) in [6.45, 7) is 1.60. The minimum Gasteiger partial charge on any atom is -0.322 e. The average molecular weight is 199 g/mol. The monoisotopic (exact) mass is 199 g/mol. The van der Waals surface area contributed by atoms with Gasteiger partial charge in [0.1, 0.15) is 6.67 Å². The molecule has 0 aliphatic heterocycles. The quantitative estimate of drug-likeness (QED) is 0.755. The van der Waals surface area contributed by atoms with Crippen molar-refractivity contribution in [3.8, 4) is 0 Å². The van der Waals surface area contributed by atoms with Crippen molar-refractivity contribution in [1.29, 1.82) is 0 Å². The molecule has 72 valence electrons. The largest absolute Gasteiger partial charge is 0.322 e. The predicted molar refractivity (Wildman–Crippen MR) is 55.7 cm³/mol. The first-order valence-corrected chi connectivity index (χ1v) is 5.30. The highest BCUT2D eigenvalue weighted by molar-refractivity contribution is 7.99. The normalized spacial score (nSPS) is 12.8. The van der Waals surface area contributed by atoms with Crippen LogP contribution in [-0.2, 0) is 0 Å². The van der Waals surface area contributed by atoms with Crippen molar-refractivity contribution in [1.82, 2.24) is 0 Å². The molecule has 0 spiro atoms. The molecule has 1 atom stereocenters. The van der Waals surface area contributed by atoms with Crippen molar-refractivity contribution in [2.24, 2.45) is 5.73 Å². The van der Waals surface area contributed by atoms with Crippen molar-refractivity contribution in [2.75, 3.05) is 12.4 Å². The third-order valence-electron chi connectivity index (χ3n) is 1.79. The van der Waals surface area contributed by atoms with Crippen LogP contribution in [0.3, 0.4) is 0 Å². The molecule has 0 saturated carbocycles. The molecule has 2 N–H and O–H groups in total. The number of benzene rings is 1. The van der Waals surface area contributed by atoms with Crippen LogP contribution in [0.25, 0.3) is 0 Å². The molecule has 0 bridgehead atoms. The van der Waals surface area contributed by atoms with E-state index < -0.39 is 12.7 Å². The summed E-state index contributed by atoms with van der Waals surface area (Å²) in [6, 6.07) is 7.28. The Morgan fingerprint density at radius 1 is 1.38 bits per heavy atom.